The molecule has 1 aromatic carbocycles. The highest BCUT2D eigenvalue weighted by atomic mass is 79.9. The van der Waals surface area contributed by atoms with Crippen molar-refractivity contribution >= 4 is 54.3 Å². The molecule has 0 bridgehead atoms. The summed E-state index contributed by atoms with van der Waals surface area (Å²) in [4.78, 5) is 16.3. The van der Waals surface area contributed by atoms with Crippen molar-refractivity contribution in [2.75, 3.05) is 16.4 Å². The number of aromatic nitrogens is 2. The number of sulfonamides is 1. The lowest BCUT2D eigenvalue weighted by molar-refractivity contribution is 0.600. The van der Waals surface area contributed by atoms with Crippen LogP contribution in [-0.4, -0.2) is 30.0 Å². The minimum atomic E-state index is -3.45. The minimum Gasteiger partial charge on any atom is -0.306 e. The highest BCUT2D eigenvalue weighted by molar-refractivity contribution is 9.10. The Balaban J connectivity index is 2.34. The van der Waals surface area contributed by atoms with Gasteiger partial charge in [-0.15, -0.1) is 11.6 Å². The zero-order valence-electron chi connectivity index (χ0n) is 9.66. The van der Waals surface area contributed by atoms with Crippen LogP contribution in [0.1, 0.15) is 6.42 Å². The number of rotatable bonds is 5. The van der Waals surface area contributed by atoms with Gasteiger partial charge in [-0.25, -0.2) is 13.2 Å². The second kappa shape index (κ2) is 5.56. The maximum Gasteiger partial charge on any atom is 0.323 e. The molecule has 6 nitrogen and oxygen atoms in total. The molecule has 0 fully saturated rings. The van der Waals surface area contributed by atoms with Crippen molar-refractivity contribution in [3.8, 4) is 0 Å². The average Bonchev–Trinajstić information content (AvgIpc) is 2.66. The first-order valence-corrected chi connectivity index (χ1v) is 8.37. The zero-order chi connectivity index (χ0) is 14.0. The molecule has 0 unspecified atom stereocenters. The number of H-pyrrole nitrogens is 2. The number of benzene rings is 1. The van der Waals surface area contributed by atoms with Gasteiger partial charge in [-0.05, 0) is 34.5 Å². The van der Waals surface area contributed by atoms with Gasteiger partial charge in [0.25, 0.3) is 0 Å². The molecule has 2 rings (SSSR count). The molecule has 0 radical (unpaired) electrons. The van der Waals surface area contributed by atoms with E-state index in [1.165, 1.54) is 0 Å². The Hall–Kier alpha value is -0.990. The highest BCUT2D eigenvalue weighted by Crippen LogP contribution is 2.27. The molecule has 1 aromatic heterocycles. The molecule has 0 aliphatic carbocycles. The van der Waals surface area contributed by atoms with Crippen LogP contribution in [0.2, 0.25) is 0 Å². The Morgan fingerprint density at radius 2 is 1.89 bits per heavy atom. The SMILES string of the molecule is O=c1[nH]c2cc(Br)c(NS(=O)(=O)CCCCl)cc2[nH]1. The van der Waals surface area contributed by atoms with Crippen LogP contribution in [0.15, 0.2) is 21.4 Å². The van der Waals surface area contributed by atoms with Gasteiger partial charge in [0.1, 0.15) is 0 Å². The van der Waals surface area contributed by atoms with Gasteiger partial charge >= 0.3 is 5.69 Å². The first-order chi connectivity index (χ1) is 8.91. The molecule has 0 aliphatic heterocycles. The summed E-state index contributed by atoms with van der Waals surface area (Å²) < 4.78 is 26.6. The van der Waals surface area contributed by atoms with Crippen LogP contribution in [0, 0.1) is 0 Å². The van der Waals surface area contributed by atoms with E-state index in [0.29, 0.717) is 27.6 Å². The molecule has 1 heterocycles. The Kier molecular flexibility index (Phi) is 4.22. The van der Waals surface area contributed by atoms with Crippen LogP contribution in [0.3, 0.4) is 0 Å². The fraction of sp³-hybridized carbons (Fsp3) is 0.300. The first-order valence-electron chi connectivity index (χ1n) is 5.39. The topological polar surface area (TPSA) is 94.8 Å². The number of fused-ring (bicyclic) bond motifs is 1. The second-order valence-corrected chi connectivity index (χ2v) is 6.99. The van der Waals surface area contributed by atoms with E-state index in [1.807, 2.05) is 0 Å². The standard InChI is InChI=1S/C10H11BrClN3O3S/c11-6-4-8-9(14-10(16)13-8)5-7(6)15-19(17,18)3-1-2-12/h4-5,15H,1-3H2,(H2,13,14,16). The van der Waals surface area contributed by atoms with E-state index in [4.69, 9.17) is 11.6 Å². The number of aromatic amines is 2. The summed E-state index contributed by atoms with van der Waals surface area (Å²) in [7, 11) is -3.45. The largest absolute Gasteiger partial charge is 0.323 e. The summed E-state index contributed by atoms with van der Waals surface area (Å²) in [6, 6.07) is 3.18. The van der Waals surface area contributed by atoms with Crippen LogP contribution in [0.4, 0.5) is 5.69 Å². The van der Waals surface area contributed by atoms with E-state index in [-0.39, 0.29) is 17.3 Å². The average molecular weight is 369 g/mol. The van der Waals surface area contributed by atoms with Gasteiger partial charge in [-0.2, -0.15) is 0 Å². The first kappa shape index (κ1) is 14.4. The van der Waals surface area contributed by atoms with Crippen molar-refractivity contribution in [1.82, 2.24) is 9.97 Å². The number of hydrogen-bond donors (Lipinski definition) is 3. The summed E-state index contributed by atoms with van der Waals surface area (Å²) in [5.41, 5.74) is 1.16. The van der Waals surface area contributed by atoms with Gasteiger partial charge in [-0.1, -0.05) is 0 Å². The molecule has 0 aliphatic rings. The minimum absolute atomic E-state index is 0.0510. The third kappa shape index (κ3) is 3.52. The third-order valence-corrected chi connectivity index (χ3v) is 4.70. The van der Waals surface area contributed by atoms with Crippen LogP contribution >= 0.6 is 27.5 Å². The van der Waals surface area contributed by atoms with E-state index in [1.54, 1.807) is 12.1 Å². The van der Waals surface area contributed by atoms with Gasteiger partial charge in [0.15, 0.2) is 0 Å². The maximum atomic E-state index is 11.8. The maximum absolute atomic E-state index is 11.8. The molecule has 0 saturated carbocycles. The fourth-order valence-corrected chi connectivity index (χ4v) is 3.59. The number of halogens is 2. The highest BCUT2D eigenvalue weighted by Gasteiger charge is 2.13. The molecule has 0 saturated heterocycles. The summed E-state index contributed by atoms with van der Waals surface area (Å²) >= 11 is 8.74. The molecule has 3 N–H and O–H groups in total. The lowest BCUT2D eigenvalue weighted by Crippen LogP contribution is -2.17. The summed E-state index contributed by atoms with van der Waals surface area (Å²) in [5, 5.41) is 0. The number of hydrogen-bond acceptors (Lipinski definition) is 3. The zero-order valence-corrected chi connectivity index (χ0v) is 12.8. The van der Waals surface area contributed by atoms with Gasteiger partial charge in [0, 0.05) is 10.4 Å². The lowest BCUT2D eigenvalue weighted by Gasteiger charge is -2.09. The molecule has 0 amide bonds. The third-order valence-electron chi connectivity index (χ3n) is 2.42. The van der Waals surface area contributed by atoms with Crippen LogP contribution in [0.25, 0.3) is 11.0 Å². The number of alkyl halides is 1. The molecule has 9 heteroatoms. The predicted octanol–water partition coefficient (Wildman–Crippen LogP) is 1.99. The molecule has 104 valence electrons. The van der Waals surface area contributed by atoms with E-state index >= 15 is 0 Å². The van der Waals surface area contributed by atoms with E-state index in [2.05, 4.69) is 30.6 Å². The Labute approximate surface area is 122 Å². The smallest absolute Gasteiger partial charge is 0.306 e. The second-order valence-electron chi connectivity index (χ2n) is 3.92. The molecular formula is C10H11BrClN3O3S. The fourth-order valence-electron chi connectivity index (χ4n) is 1.60. The summed E-state index contributed by atoms with van der Waals surface area (Å²) in [6.45, 7) is 0. The Morgan fingerprint density at radius 1 is 1.26 bits per heavy atom. The van der Waals surface area contributed by atoms with Crippen molar-refractivity contribution in [1.29, 1.82) is 0 Å². The number of nitrogens with one attached hydrogen (secondary N) is 3. The van der Waals surface area contributed by atoms with Gasteiger partial charge in [-0.3, -0.25) is 4.72 Å². The van der Waals surface area contributed by atoms with Crippen molar-refractivity contribution < 1.29 is 8.42 Å². The molecule has 19 heavy (non-hydrogen) atoms. The monoisotopic (exact) mass is 367 g/mol. The summed E-state index contributed by atoms with van der Waals surface area (Å²) in [5.74, 6) is 0.233. The van der Waals surface area contributed by atoms with E-state index in [0.717, 1.165) is 0 Å². The van der Waals surface area contributed by atoms with Crippen molar-refractivity contribution in [2.24, 2.45) is 0 Å². The predicted molar refractivity (Wildman–Crippen MR) is 79.4 cm³/mol. The molecule has 0 spiro atoms. The van der Waals surface area contributed by atoms with E-state index < -0.39 is 10.0 Å². The van der Waals surface area contributed by atoms with Crippen LogP contribution < -0.4 is 10.4 Å². The van der Waals surface area contributed by atoms with Gasteiger partial charge < -0.3 is 9.97 Å². The van der Waals surface area contributed by atoms with Crippen molar-refractivity contribution in [3.05, 3.63) is 27.1 Å². The van der Waals surface area contributed by atoms with Crippen LogP contribution in [0.5, 0.6) is 0 Å². The normalized spacial score (nSPS) is 11.9. The van der Waals surface area contributed by atoms with E-state index in [9.17, 15) is 13.2 Å². The quantitative estimate of drug-likeness (QED) is 0.704. The van der Waals surface area contributed by atoms with Gasteiger partial charge in [0.2, 0.25) is 10.0 Å². The number of anilines is 1. The Bertz CT molecular complexity index is 753. The molecular weight excluding hydrogens is 358 g/mol. The van der Waals surface area contributed by atoms with Crippen molar-refractivity contribution in [3.63, 3.8) is 0 Å². The molecule has 2 aromatic rings. The summed E-state index contributed by atoms with van der Waals surface area (Å²) in [6.07, 6.45) is 0.373. The lowest BCUT2D eigenvalue weighted by atomic mass is 10.3. The van der Waals surface area contributed by atoms with Crippen molar-refractivity contribution in [2.45, 2.75) is 6.42 Å². The number of imidazole rings is 1. The molecule has 0 atom stereocenters. The van der Waals surface area contributed by atoms with Crippen LogP contribution in [-0.2, 0) is 10.0 Å². The Morgan fingerprint density at radius 3 is 2.53 bits per heavy atom. The van der Waals surface area contributed by atoms with Gasteiger partial charge in [0.05, 0.1) is 22.5 Å².